The maximum Gasteiger partial charge on any atom is 0.221 e. The zero-order valence-corrected chi connectivity index (χ0v) is 14.0. The summed E-state index contributed by atoms with van der Waals surface area (Å²) in [4.78, 5) is 16.8. The number of benzene rings is 2. The lowest BCUT2D eigenvalue weighted by Crippen LogP contribution is -2.31. The molecule has 1 N–H and O–H groups in total. The number of amides is 1. The Morgan fingerprint density at radius 1 is 1.16 bits per heavy atom. The molecule has 1 unspecified atom stereocenters. The summed E-state index contributed by atoms with van der Waals surface area (Å²) in [5.74, 6) is 0.439. The van der Waals surface area contributed by atoms with Gasteiger partial charge in [0.1, 0.15) is 17.7 Å². The van der Waals surface area contributed by atoms with E-state index in [-0.39, 0.29) is 17.8 Å². The second-order valence-corrected chi connectivity index (χ2v) is 5.93. The Kier molecular flexibility index (Phi) is 5.23. The first-order valence-corrected chi connectivity index (χ1v) is 8.19. The average molecular weight is 337 g/mol. The Morgan fingerprint density at radius 2 is 1.88 bits per heavy atom. The van der Waals surface area contributed by atoms with E-state index in [2.05, 4.69) is 10.3 Å². The normalized spacial score (nSPS) is 11.9. The Bertz CT molecular complexity index is 828. The summed E-state index contributed by atoms with van der Waals surface area (Å²) in [5.41, 5.74) is 1.91. The van der Waals surface area contributed by atoms with Crippen LogP contribution in [0.15, 0.2) is 67.0 Å². The van der Waals surface area contributed by atoms with Crippen LogP contribution in [0, 0.1) is 5.82 Å². The molecule has 1 atom stereocenters. The molecule has 25 heavy (non-hydrogen) atoms. The van der Waals surface area contributed by atoms with Crippen LogP contribution >= 0.6 is 0 Å². The van der Waals surface area contributed by atoms with Gasteiger partial charge in [-0.1, -0.05) is 42.5 Å². The van der Waals surface area contributed by atoms with Crippen molar-refractivity contribution in [2.24, 2.45) is 7.05 Å². The van der Waals surface area contributed by atoms with Crippen molar-refractivity contribution in [2.75, 3.05) is 0 Å². The Balaban J connectivity index is 1.71. The highest BCUT2D eigenvalue weighted by Crippen LogP contribution is 2.20. The minimum atomic E-state index is -0.304. The molecule has 2 aromatic carbocycles. The van der Waals surface area contributed by atoms with E-state index in [1.54, 1.807) is 18.3 Å². The van der Waals surface area contributed by atoms with Crippen LogP contribution in [-0.2, 0) is 18.3 Å². The maximum atomic E-state index is 13.0. The minimum Gasteiger partial charge on any atom is -0.342 e. The molecule has 3 rings (SSSR count). The molecule has 1 aromatic heterocycles. The second-order valence-electron chi connectivity index (χ2n) is 5.93. The fourth-order valence-electron chi connectivity index (χ4n) is 2.74. The van der Waals surface area contributed by atoms with E-state index in [1.165, 1.54) is 12.1 Å². The molecule has 0 saturated heterocycles. The lowest BCUT2D eigenvalue weighted by atomic mass is 10.0. The average Bonchev–Trinajstić information content (AvgIpc) is 3.06. The van der Waals surface area contributed by atoms with E-state index >= 15 is 0 Å². The van der Waals surface area contributed by atoms with E-state index < -0.39 is 0 Å². The van der Waals surface area contributed by atoms with Crippen molar-refractivity contribution in [3.63, 3.8) is 0 Å². The van der Waals surface area contributed by atoms with Gasteiger partial charge in [-0.2, -0.15) is 0 Å². The summed E-state index contributed by atoms with van der Waals surface area (Å²) in [5, 5.41) is 3.06. The molecule has 0 saturated carbocycles. The van der Waals surface area contributed by atoms with Crippen molar-refractivity contribution >= 4 is 5.91 Å². The highest BCUT2D eigenvalue weighted by Gasteiger charge is 2.20. The van der Waals surface area contributed by atoms with Gasteiger partial charge in [-0.25, -0.2) is 9.37 Å². The monoisotopic (exact) mass is 337 g/mol. The van der Waals surface area contributed by atoms with Gasteiger partial charge in [-0.3, -0.25) is 4.79 Å². The van der Waals surface area contributed by atoms with Crippen LogP contribution in [0.5, 0.6) is 0 Å². The number of nitrogens with one attached hydrogen (secondary N) is 1. The van der Waals surface area contributed by atoms with Gasteiger partial charge >= 0.3 is 0 Å². The number of aromatic nitrogens is 2. The van der Waals surface area contributed by atoms with Crippen LogP contribution in [0.3, 0.4) is 0 Å². The molecule has 0 bridgehead atoms. The van der Waals surface area contributed by atoms with Crippen LogP contribution < -0.4 is 5.32 Å². The lowest BCUT2D eigenvalue weighted by Gasteiger charge is -2.19. The number of halogens is 1. The quantitative estimate of drug-likeness (QED) is 0.749. The number of rotatable bonds is 6. The summed E-state index contributed by atoms with van der Waals surface area (Å²) in [7, 11) is 1.91. The summed E-state index contributed by atoms with van der Waals surface area (Å²) in [6.07, 6.45) is 4.47. The van der Waals surface area contributed by atoms with Crippen LogP contribution in [0.4, 0.5) is 4.39 Å². The van der Waals surface area contributed by atoms with Crippen molar-refractivity contribution in [3.8, 4) is 0 Å². The summed E-state index contributed by atoms with van der Waals surface area (Å²) in [6, 6.07) is 15.7. The van der Waals surface area contributed by atoms with Gasteiger partial charge in [0, 0.05) is 25.9 Å². The zero-order chi connectivity index (χ0) is 17.6. The number of imidazole rings is 1. The topological polar surface area (TPSA) is 46.9 Å². The molecule has 0 fully saturated rings. The molecule has 1 heterocycles. The number of nitrogens with zero attached hydrogens (tertiary/aromatic N) is 2. The molecular weight excluding hydrogens is 317 g/mol. The van der Waals surface area contributed by atoms with Crippen LogP contribution in [0.1, 0.15) is 29.4 Å². The molecular formula is C20H20FN3O. The molecule has 128 valence electrons. The fraction of sp³-hybridized carbons (Fsp3) is 0.200. The van der Waals surface area contributed by atoms with Crippen molar-refractivity contribution in [2.45, 2.75) is 18.9 Å². The smallest absolute Gasteiger partial charge is 0.221 e. The largest absolute Gasteiger partial charge is 0.342 e. The summed E-state index contributed by atoms with van der Waals surface area (Å²) >= 11 is 0. The van der Waals surface area contributed by atoms with Crippen LogP contribution in [-0.4, -0.2) is 15.5 Å². The van der Waals surface area contributed by atoms with Gasteiger partial charge in [-0.15, -0.1) is 0 Å². The summed E-state index contributed by atoms with van der Waals surface area (Å²) in [6.45, 7) is 0. The molecule has 3 aromatic rings. The third-order valence-electron chi connectivity index (χ3n) is 4.11. The first-order chi connectivity index (χ1) is 12.1. The third-order valence-corrected chi connectivity index (χ3v) is 4.11. The lowest BCUT2D eigenvalue weighted by molar-refractivity contribution is -0.121. The number of aryl methyl sites for hydroxylation is 2. The van der Waals surface area contributed by atoms with E-state index in [0.29, 0.717) is 12.8 Å². The number of hydrogen-bond donors (Lipinski definition) is 1. The Morgan fingerprint density at radius 3 is 2.52 bits per heavy atom. The molecule has 0 spiro atoms. The summed E-state index contributed by atoms with van der Waals surface area (Å²) < 4.78 is 14.9. The van der Waals surface area contributed by atoms with Gasteiger partial charge in [0.25, 0.3) is 0 Å². The number of carbonyl (C=O) groups is 1. The van der Waals surface area contributed by atoms with Crippen molar-refractivity contribution in [3.05, 3.63) is 89.8 Å². The van der Waals surface area contributed by atoms with Gasteiger partial charge in [0.15, 0.2) is 0 Å². The van der Waals surface area contributed by atoms with E-state index in [1.807, 2.05) is 48.1 Å². The van der Waals surface area contributed by atoms with Gasteiger partial charge in [-0.05, 0) is 29.7 Å². The highest BCUT2D eigenvalue weighted by molar-refractivity contribution is 5.77. The van der Waals surface area contributed by atoms with Crippen LogP contribution in [0.25, 0.3) is 0 Å². The molecule has 0 radical (unpaired) electrons. The Labute approximate surface area is 146 Å². The van der Waals surface area contributed by atoms with E-state index in [0.717, 1.165) is 17.0 Å². The van der Waals surface area contributed by atoms with Gasteiger partial charge in [0.05, 0.1) is 0 Å². The predicted octanol–water partition coefficient (Wildman–Crippen LogP) is 3.40. The highest BCUT2D eigenvalue weighted by atomic mass is 19.1. The molecule has 5 heteroatoms. The molecule has 0 aliphatic carbocycles. The van der Waals surface area contributed by atoms with E-state index in [4.69, 9.17) is 0 Å². The fourth-order valence-corrected chi connectivity index (χ4v) is 2.74. The predicted molar refractivity (Wildman–Crippen MR) is 94.4 cm³/mol. The molecule has 4 nitrogen and oxygen atoms in total. The zero-order valence-electron chi connectivity index (χ0n) is 14.0. The number of carbonyl (C=O) groups excluding carboxylic acids is 1. The van der Waals surface area contributed by atoms with Gasteiger partial charge < -0.3 is 9.88 Å². The van der Waals surface area contributed by atoms with Crippen LogP contribution in [0.2, 0.25) is 0 Å². The Hall–Kier alpha value is -2.95. The molecule has 0 aliphatic rings. The number of hydrogen-bond acceptors (Lipinski definition) is 2. The van der Waals surface area contributed by atoms with E-state index in [9.17, 15) is 9.18 Å². The first-order valence-electron chi connectivity index (χ1n) is 8.19. The van der Waals surface area contributed by atoms with Crippen molar-refractivity contribution in [1.29, 1.82) is 0 Å². The standard InChI is InChI=1S/C20H20FN3O/c1-24-14-13-22-20(24)19(16-5-3-2-4-6-16)23-18(25)12-9-15-7-10-17(21)11-8-15/h2-8,10-11,13-14,19H,9,12H2,1H3,(H,23,25). The SMILES string of the molecule is Cn1ccnc1C(NC(=O)CCc1ccc(F)cc1)c1ccccc1. The maximum absolute atomic E-state index is 13.0. The third kappa shape index (κ3) is 4.32. The van der Waals surface area contributed by atoms with Crippen molar-refractivity contribution in [1.82, 2.24) is 14.9 Å². The van der Waals surface area contributed by atoms with Crippen molar-refractivity contribution < 1.29 is 9.18 Å². The second kappa shape index (κ2) is 7.75. The molecule has 1 amide bonds. The minimum absolute atomic E-state index is 0.0684. The molecule has 0 aliphatic heterocycles. The first kappa shape index (κ1) is 16.9. The van der Waals surface area contributed by atoms with Gasteiger partial charge in [0.2, 0.25) is 5.91 Å².